The van der Waals surface area contributed by atoms with Gasteiger partial charge in [0.25, 0.3) is 11.8 Å². The van der Waals surface area contributed by atoms with Crippen molar-refractivity contribution in [3.05, 3.63) is 86.5 Å². The minimum atomic E-state index is -0.339. The predicted octanol–water partition coefficient (Wildman–Crippen LogP) is 4.97. The molecule has 34 heavy (non-hydrogen) atoms. The van der Waals surface area contributed by atoms with Crippen molar-refractivity contribution < 1.29 is 9.59 Å². The van der Waals surface area contributed by atoms with Gasteiger partial charge in [0.1, 0.15) is 11.7 Å². The summed E-state index contributed by atoms with van der Waals surface area (Å²) < 4.78 is 0.818. The first-order chi connectivity index (χ1) is 16.2. The summed E-state index contributed by atoms with van der Waals surface area (Å²) in [5.74, 6) is 0.735. The summed E-state index contributed by atoms with van der Waals surface area (Å²) in [5, 5.41) is 5.78. The number of halogens is 1. The molecule has 2 amide bonds. The van der Waals surface area contributed by atoms with Crippen LogP contribution in [0.2, 0.25) is 0 Å². The lowest BCUT2D eigenvalue weighted by Crippen LogP contribution is -2.23. The van der Waals surface area contributed by atoms with Crippen LogP contribution in [0.3, 0.4) is 0 Å². The molecule has 0 saturated carbocycles. The molecular formula is C26H26BrN5O2. The molecule has 0 saturated heterocycles. The fraction of sp³-hybridized carbons (Fsp3) is 0.231. The SMILES string of the molecule is Cc1cc(C(=O)Nc2ccc(Br)cn2)c(NC(=O)c2ccc(C3=NCCN3C)cc2)c(C)c1C. The number of nitrogens with zero attached hydrogens (tertiary/aromatic N) is 3. The van der Waals surface area contributed by atoms with Crippen molar-refractivity contribution in [2.75, 3.05) is 30.8 Å². The Bertz CT molecular complexity index is 1280. The van der Waals surface area contributed by atoms with E-state index in [0.29, 0.717) is 22.6 Å². The number of rotatable bonds is 5. The lowest BCUT2D eigenvalue weighted by Gasteiger charge is -2.18. The maximum Gasteiger partial charge on any atom is 0.258 e. The molecule has 0 atom stereocenters. The number of pyridine rings is 1. The third kappa shape index (κ3) is 4.87. The van der Waals surface area contributed by atoms with Crippen molar-refractivity contribution in [3.63, 3.8) is 0 Å². The van der Waals surface area contributed by atoms with Crippen molar-refractivity contribution in [1.82, 2.24) is 9.88 Å². The first-order valence-corrected chi connectivity index (χ1v) is 11.7. The molecule has 1 aromatic heterocycles. The number of nitrogens with one attached hydrogen (secondary N) is 2. The van der Waals surface area contributed by atoms with Crippen LogP contribution in [0.1, 0.15) is 43.0 Å². The standard InChI is InChI=1S/C26H26BrN5O2/c1-15-13-21(26(34)30-22-10-9-20(27)14-29-22)23(17(3)16(15)2)31-25(33)19-7-5-18(6-8-19)24-28-11-12-32(24)4/h5-10,13-14H,11-12H2,1-4H3,(H,31,33)(H,29,30,34). The first-order valence-electron chi connectivity index (χ1n) is 11.0. The fourth-order valence-corrected chi connectivity index (χ4v) is 4.09. The monoisotopic (exact) mass is 519 g/mol. The van der Waals surface area contributed by atoms with Crippen LogP contribution in [0.15, 0.2) is 58.1 Å². The summed E-state index contributed by atoms with van der Waals surface area (Å²) in [6, 6.07) is 12.7. The third-order valence-electron chi connectivity index (χ3n) is 6.08. The van der Waals surface area contributed by atoms with Crippen LogP contribution >= 0.6 is 15.9 Å². The zero-order valence-electron chi connectivity index (χ0n) is 19.6. The number of carbonyl (C=O) groups is 2. The molecule has 2 aromatic carbocycles. The number of hydrogen-bond donors (Lipinski definition) is 2. The van der Waals surface area contributed by atoms with Gasteiger partial charge in [-0.2, -0.15) is 0 Å². The topological polar surface area (TPSA) is 86.7 Å². The highest BCUT2D eigenvalue weighted by molar-refractivity contribution is 9.10. The van der Waals surface area contributed by atoms with E-state index in [0.717, 1.165) is 45.7 Å². The average molecular weight is 520 g/mol. The van der Waals surface area contributed by atoms with E-state index < -0.39 is 0 Å². The Morgan fingerprint density at radius 3 is 2.32 bits per heavy atom. The lowest BCUT2D eigenvalue weighted by molar-refractivity contribution is 0.102. The molecule has 2 N–H and O–H groups in total. The molecular weight excluding hydrogens is 494 g/mol. The smallest absolute Gasteiger partial charge is 0.258 e. The van der Waals surface area contributed by atoms with E-state index in [-0.39, 0.29) is 11.8 Å². The van der Waals surface area contributed by atoms with Crippen LogP contribution < -0.4 is 10.6 Å². The predicted molar refractivity (Wildman–Crippen MR) is 139 cm³/mol. The van der Waals surface area contributed by atoms with Gasteiger partial charge in [0, 0.05) is 35.4 Å². The molecule has 0 aliphatic carbocycles. The van der Waals surface area contributed by atoms with Crippen molar-refractivity contribution in [3.8, 4) is 0 Å². The summed E-state index contributed by atoms with van der Waals surface area (Å²) in [7, 11) is 2.01. The summed E-state index contributed by atoms with van der Waals surface area (Å²) in [6.07, 6.45) is 1.61. The summed E-state index contributed by atoms with van der Waals surface area (Å²) in [6.45, 7) is 7.50. The van der Waals surface area contributed by atoms with E-state index in [1.54, 1.807) is 36.5 Å². The molecule has 0 unspecified atom stereocenters. The van der Waals surface area contributed by atoms with Crippen LogP contribution in [0.5, 0.6) is 0 Å². The minimum absolute atomic E-state index is 0.282. The summed E-state index contributed by atoms with van der Waals surface area (Å²) in [4.78, 5) is 37.1. The van der Waals surface area contributed by atoms with E-state index in [9.17, 15) is 9.59 Å². The Hall–Kier alpha value is -3.52. The van der Waals surface area contributed by atoms with E-state index >= 15 is 0 Å². The number of carbonyl (C=O) groups excluding carboxylic acids is 2. The Labute approximate surface area is 207 Å². The second kappa shape index (κ2) is 9.77. The molecule has 0 spiro atoms. The van der Waals surface area contributed by atoms with Crippen LogP contribution in [-0.2, 0) is 0 Å². The number of amides is 2. The number of aryl methyl sites for hydroxylation is 1. The number of amidine groups is 1. The molecule has 3 aromatic rings. The van der Waals surface area contributed by atoms with Gasteiger partial charge in [0.2, 0.25) is 0 Å². The number of likely N-dealkylation sites (N-methyl/N-ethyl adjacent to an activating group) is 1. The van der Waals surface area contributed by atoms with Gasteiger partial charge in [-0.15, -0.1) is 0 Å². The Morgan fingerprint density at radius 2 is 1.71 bits per heavy atom. The highest BCUT2D eigenvalue weighted by Crippen LogP contribution is 2.28. The number of anilines is 2. The highest BCUT2D eigenvalue weighted by atomic mass is 79.9. The van der Waals surface area contributed by atoms with E-state index in [2.05, 4.69) is 41.4 Å². The van der Waals surface area contributed by atoms with Gasteiger partial charge in [-0.3, -0.25) is 14.6 Å². The van der Waals surface area contributed by atoms with Crippen LogP contribution in [0.4, 0.5) is 11.5 Å². The molecule has 2 heterocycles. The normalized spacial score (nSPS) is 13.0. The van der Waals surface area contributed by atoms with Gasteiger partial charge >= 0.3 is 0 Å². The van der Waals surface area contributed by atoms with Gasteiger partial charge in [-0.1, -0.05) is 12.1 Å². The zero-order chi connectivity index (χ0) is 24.4. The lowest BCUT2D eigenvalue weighted by atomic mass is 9.97. The zero-order valence-corrected chi connectivity index (χ0v) is 21.2. The molecule has 1 aliphatic rings. The van der Waals surface area contributed by atoms with E-state index in [1.165, 1.54) is 0 Å². The van der Waals surface area contributed by atoms with Crippen molar-refractivity contribution in [1.29, 1.82) is 0 Å². The van der Waals surface area contributed by atoms with Crippen molar-refractivity contribution in [2.45, 2.75) is 20.8 Å². The highest BCUT2D eigenvalue weighted by Gasteiger charge is 2.20. The van der Waals surface area contributed by atoms with Gasteiger partial charge in [-0.25, -0.2) is 4.98 Å². The molecule has 0 bridgehead atoms. The van der Waals surface area contributed by atoms with Crippen molar-refractivity contribution >= 4 is 45.1 Å². The number of aliphatic imine (C=N–C) groups is 1. The van der Waals surface area contributed by atoms with Gasteiger partial charge in [0.05, 0.1) is 17.8 Å². The fourth-order valence-electron chi connectivity index (χ4n) is 3.86. The first kappa shape index (κ1) is 23.6. The quantitative estimate of drug-likeness (QED) is 0.498. The maximum atomic E-state index is 13.1. The molecule has 174 valence electrons. The molecule has 0 radical (unpaired) electrons. The molecule has 0 fully saturated rings. The number of benzene rings is 2. The third-order valence-corrected chi connectivity index (χ3v) is 6.54. The number of hydrogen-bond acceptors (Lipinski definition) is 5. The van der Waals surface area contributed by atoms with Crippen LogP contribution in [-0.4, -0.2) is 47.7 Å². The number of aromatic nitrogens is 1. The van der Waals surface area contributed by atoms with Crippen molar-refractivity contribution in [2.24, 2.45) is 4.99 Å². The van der Waals surface area contributed by atoms with Crippen LogP contribution in [0.25, 0.3) is 0 Å². The molecule has 8 heteroatoms. The minimum Gasteiger partial charge on any atom is -0.358 e. The molecule has 1 aliphatic heterocycles. The largest absolute Gasteiger partial charge is 0.358 e. The second-order valence-electron chi connectivity index (χ2n) is 8.34. The molecule has 4 rings (SSSR count). The Morgan fingerprint density at radius 1 is 0.971 bits per heavy atom. The Balaban J connectivity index is 1.60. The van der Waals surface area contributed by atoms with Gasteiger partial charge < -0.3 is 15.5 Å². The van der Waals surface area contributed by atoms with E-state index in [1.807, 2.05) is 40.0 Å². The molecule has 7 nitrogen and oxygen atoms in total. The summed E-state index contributed by atoms with van der Waals surface area (Å²) in [5.41, 5.74) is 5.19. The van der Waals surface area contributed by atoms with Gasteiger partial charge in [-0.05, 0) is 83.7 Å². The maximum absolute atomic E-state index is 13.1. The Kier molecular flexibility index (Phi) is 6.79. The van der Waals surface area contributed by atoms with Gasteiger partial charge in [0.15, 0.2) is 0 Å². The van der Waals surface area contributed by atoms with E-state index in [4.69, 9.17) is 0 Å². The average Bonchev–Trinajstić information content (AvgIpc) is 3.26. The summed E-state index contributed by atoms with van der Waals surface area (Å²) >= 11 is 3.34. The second-order valence-corrected chi connectivity index (χ2v) is 9.26. The van der Waals surface area contributed by atoms with Crippen LogP contribution in [0, 0.1) is 20.8 Å².